The van der Waals surface area contributed by atoms with E-state index in [4.69, 9.17) is 0 Å². The molecule has 0 heterocycles. The van der Waals surface area contributed by atoms with Crippen LogP contribution in [0, 0.1) is 0 Å². The van der Waals surface area contributed by atoms with Gasteiger partial charge in [0.25, 0.3) is 0 Å². The number of halogens is 1. The molecule has 0 spiro atoms. The summed E-state index contributed by atoms with van der Waals surface area (Å²) < 4.78 is 0.622. The number of fused-ring (bicyclic) bond motifs is 1. The predicted octanol–water partition coefficient (Wildman–Crippen LogP) is -0.254. The van der Waals surface area contributed by atoms with Crippen molar-refractivity contribution in [2.24, 2.45) is 0 Å². The molecule has 0 radical (unpaired) electrons. The third kappa shape index (κ3) is 2.13. The van der Waals surface area contributed by atoms with Crippen molar-refractivity contribution in [2.75, 3.05) is 21.1 Å². The van der Waals surface area contributed by atoms with Gasteiger partial charge in [0, 0.05) is 11.5 Å². The Morgan fingerprint density at radius 3 is 2.19 bits per heavy atom. The second-order valence-electron chi connectivity index (χ2n) is 4.67. The van der Waals surface area contributed by atoms with Gasteiger partial charge in [0.2, 0.25) is 0 Å². The van der Waals surface area contributed by atoms with Gasteiger partial charge in [0.15, 0.2) is 11.4 Å². The van der Waals surface area contributed by atoms with Crippen molar-refractivity contribution in [3.63, 3.8) is 0 Å². The molecule has 0 amide bonds. The number of benzene rings is 2. The van der Waals surface area contributed by atoms with Gasteiger partial charge >= 0.3 is 0 Å². The predicted molar refractivity (Wildman–Crippen MR) is 65.2 cm³/mol. The van der Waals surface area contributed by atoms with Gasteiger partial charge in [-0.25, -0.2) is 0 Å². The number of phenols is 1. The Hall–Kier alpha value is -1.25. The van der Waals surface area contributed by atoms with E-state index in [1.165, 1.54) is 0 Å². The summed E-state index contributed by atoms with van der Waals surface area (Å²) in [5.41, 5.74) is 0.939. The molecule has 2 aromatic rings. The van der Waals surface area contributed by atoms with Crippen LogP contribution in [0.25, 0.3) is 10.8 Å². The van der Waals surface area contributed by atoms with Gasteiger partial charge in [0.1, 0.15) is 0 Å². The maximum atomic E-state index is 10.2. The van der Waals surface area contributed by atoms with Crippen LogP contribution in [-0.2, 0) is 0 Å². The monoisotopic (exact) mass is 237 g/mol. The average molecular weight is 238 g/mol. The Balaban J connectivity index is 0.00000128. The minimum atomic E-state index is 0. The fourth-order valence-electron chi connectivity index (χ4n) is 1.78. The summed E-state index contributed by atoms with van der Waals surface area (Å²) in [6.45, 7) is 0. The van der Waals surface area contributed by atoms with Crippen molar-refractivity contribution < 1.29 is 17.5 Å². The van der Waals surface area contributed by atoms with E-state index in [-0.39, 0.29) is 12.4 Å². The van der Waals surface area contributed by atoms with E-state index in [0.29, 0.717) is 10.2 Å². The largest absolute Gasteiger partial charge is 1.00 e. The summed E-state index contributed by atoms with van der Waals surface area (Å²) in [6.07, 6.45) is 0. The lowest BCUT2D eigenvalue weighted by Gasteiger charge is -2.24. The van der Waals surface area contributed by atoms with Crippen molar-refractivity contribution in [1.29, 1.82) is 0 Å². The molecule has 0 aliphatic carbocycles. The van der Waals surface area contributed by atoms with Gasteiger partial charge < -0.3 is 17.5 Å². The Bertz CT molecular complexity index is 503. The van der Waals surface area contributed by atoms with Gasteiger partial charge in [-0.3, -0.25) is 4.48 Å². The first-order valence-electron chi connectivity index (χ1n) is 5.03. The highest BCUT2D eigenvalue weighted by atomic mass is 35.5. The summed E-state index contributed by atoms with van der Waals surface area (Å²) in [7, 11) is 6.14. The zero-order valence-electron chi connectivity index (χ0n) is 9.74. The number of rotatable bonds is 1. The number of phenolic OH excluding ortho intramolecular Hbond substituents is 1. The van der Waals surface area contributed by atoms with E-state index >= 15 is 0 Å². The van der Waals surface area contributed by atoms with Gasteiger partial charge in [-0.1, -0.05) is 24.3 Å². The van der Waals surface area contributed by atoms with Gasteiger partial charge in [0.05, 0.1) is 21.1 Å². The van der Waals surface area contributed by atoms with Crippen molar-refractivity contribution in [1.82, 2.24) is 4.48 Å². The highest BCUT2D eigenvalue weighted by Gasteiger charge is 2.18. The smallest absolute Gasteiger partial charge is 0.185 e. The number of nitrogens with zero attached hydrogens (tertiary/aromatic N) is 1. The van der Waals surface area contributed by atoms with Crippen LogP contribution in [0.3, 0.4) is 0 Å². The molecule has 0 saturated carbocycles. The Morgan fingerprint density at radius 1 is 0.938 bits per heavy atom. The maximum absolute atomic E-state index is 10.2. The van der Waals surface area contributed by atoms with Crippen molar-refractivity contribution >= 4 is 16.5 Å². The number of quaternary nitrogens is 1. The molecule has 2 nitrogen and oxygen atoms in total. The minimum absolute atomic E-state index is 0. The Kier molecular flexibility index (Phi) is 3.46. The van der Waals surface area contributed by atoms with E-state index in [1.807, 2.05) is 57.5 Å². The molecular weight excluding hydrogens is 222 g/mol. The summed E-state index contributed by atoms with van der Waals surface area (Å²) >= 11 is 0. The molecule has 0 unspecified atom stereocenters. The molecule has 0 saturated heterocycles. The summed E-state index contributed by atoms with van der Waals surface area (Å²) in [5.74, 6) is 0.389. The van der Waals surface area contributed by atoms with E-state index in [2.05, 4.69) is 0 Å². The third-order valence-corrected chi connectivity index (χ3v) is 2.60. The van der Waals surface area contributed by atoms with E-state index < -0.39 is 0 Å². The zero-order chi connectivity index (χ0) is 11.1. The highest BCUT2D eigenvalue weighted by Crippen LogP contribution is 2.35. The topological polar surface area (TPSA) is 20.2 Å². The van der Waals surface area contributed by atoms with Crippen LogP contribution >= 0.6 is 0 Å². The first-order chi connectivity index (χ1) is 7.00. The van der Waals surface area contributed by atoms with Crippen LogP contribution in [0.15, 0.2) is 36.4 Å². The first-order valence-corrected chi connectivity index (χ1v) is 5.03. The Morgan fingerprint density at radius 2 is 1.56 bits per heavy atom. The van der Waals surface area contributed by atoms with Crippen LogP contribution in [-0.4, -0.2) is 26.2 Å². The fourth-order valence-corrected chi connectivity index (χ4v) is 1.78. The summed E-state index contributed by atoms with van der Waals surface area (Å²) in [4.78, 5) is 0. The van der Waals surface area contributed by atoms with Crippen molar-refractivity contribution in [3.05, 3.63) is 36.4 Å². The lowest BCUT2D eigenvalue weighted by molar-refractivity contribution is -0.00000430. The molecule has 0 bridgehead atoms. The van der Waals surface area contributed by atoms with Gasteiger partial charge in [-0.05, 0) is 11.5 Å². The van der Waals surface area contributed by atoms with Crippen LogP contribution in [0.1, 0.15) is 0 Å². The standard InChI is InChI=1S/C13H15NO.ClH/c1-14(2,3)12-9-8-10-6-4-5-7-11(10)13(12)15;/h4-9H,1-3H3;1H. The highest BCUT2D eigenvalue weighted by molar-refractivity contribution is 5.92. The Labute approximate surface area is 102 Å². The molecule has 2 aromatic carbocycles. The van der Waals surface area contributed by atoms with Gasteiger partial charge in [-0.2, -0.15) is 0 Å². The second-order valence-corrected chi connectivity index (χ2v) is 4.67. The van der Waals surface area contributed by atoms with E-state index in [0.717, 1.165) is 16.5 Å². The SMILES string of the molecule is C[N+](C)(C)c1ccc2ccccc2c1O.[Cl-]. The molecule has 2 rings (SSSR count). The van der Waals surface area contributed by atoms with Crippen LogP contribution < -0.4 is 16.9 Å². The molecular formula is C13H16ClNO. The third-order valence-electron chi connectivity index (χ3n) is 2.60. The van der Waals surface area contributed by atoms with Gasteiger partial charge in [-0.15, -0.1) is 0 Å². The average Bonchev–Trinajstić information content (AvgIpc) is 2.16. The first kappa shape index (κ1) is 12.8. The molecule has 1 N–H and O–H groups in total. The lowest BCUT2D eigenvalue weighted by Crippen LogP contribution is -3.00. The van der Waals surface area contributed by atoms with Crippen LogP contribution in [0.5, 0.6) is 5.75 Å². The lowest BCUT2D eigenvalue weighted by atomic mass is 10.1. The molecule has 3 heteroatoms. The fraction of sp³-hybridized carbons (Fsp3) is 0.231. The number of aromatic hydroxyl groups is 1. The number of hydrogen-bond donors (Lipinski definition) is 1. The molecule has 0 aromatic heterocycles. The van der Waals surface area contributed by atoms with E-state index in [9.17, 15) is 5.11 Å². The number of hydrogen-bond acceptors (Lipinski definition) is 1. The van der Waals surface area contributed by atoms with Crippen molar-refractivity contribution in [3.8, 4) is 5.75 Å². The zero-order valence-corrected chi connectivity index (χ0v) is 10.5. The molecule has 0 atom stereocenters. The molecule has 0 aliphatic heterocycles. The second kappa shape index (κ2) is 4.32. The summed E-state index contributed by atoms with van der Waals surface area (Å²) in [6, 6.07) is 11.9. The molecule has 0 aliphatic rings. The van der Waals surface area contributed by atoms with Crippen molar-refractivity contribution in [2.45, 2.75) is 0 Å². The van der Waals surface area contributed by atoms with Crippen LogP contribution in [0.4, 0.5) is 5.69 Å². The summed E-state index contributed by atoms with van der Waals surface area (Å²) in [5, 5.41) is 12.2. The maximum Gasteiger partial charge on any atom is 0.185 e. The molecule has 86 valence electrons. The molecule has 0 fully saturated rings. The normalized spacial score (nSPS) is 11.2. The van der Waals surface area contributed by atoms with Crippen LogP contribution in [0.2, 0.25) is 0 Å². The minimum Gasteiger partial charge on any atom is -1.00 e. The molecule has 16 heavy (non-hydrogen) atoms. The quantitative estimate of drug-likeness (QED) is 0.678. The van der Waals surface area contributed by atoms with E-state index in [1.54, 1.807) is 0 Å².